The van der Waals surface area contributed by atoms with E-state index in [1.165, 1.54) is 4.90 Å². The van der Waals surface area contributed by atoms with E-state index in [1.54, 1.807) is 12.1 Å². The van der Waals surface area contributed by atoms with Crippen LogP contribution in [0.25, 0.3) is 0 Å². The van der Waals surface area contributed by atoms with Crippen molar-refractivity contribution in [1.29, 1.82) is 0 Å². The molecular weight excluding hydrogens is 394 g/mol. The predicted octanol–water partition coefficient (Wildman–Crippen LogP) is 2.48. The number of hydrogen-bond donors (Lipinski definition) is 1. The van der Waals surface area contributed by atoms with Gasteiger partial charge in [0.05, 0.1) is 12.4 Å². The molecule has 2 aliphatic carbocycles. The zero-order chi connectivity index (χ0) is 20.6. The molecule has 3 fully saturated rings. The summed E-state index contributed by atoms with van der Waals surface area (Å²) in [5.74, 6) is -1.68. The summed E-state index contributed by atoms with van der Waals surface area (Å²) in [6.07, 6.45) is 4.48. The first-order chi connectivity index (χ1) is 14.5. The van der Waals surface area contributed by atoms with Crippen LogP contribution in [0.15, 0.2) is 24.5 Å². The fourth-order valence-corrected chi connectivity index (χ4v) is 4.65. The molecule has 2 aliphatic heterocycles. The number of rotatable bonds is 4. The first-order valence-electron chi connectivity index (χ1n) is 10.0. The van der Waals surface area contributed by atoms with Crippen LogP contribution in [0.1, 0.15) is 53.1 Å². The maximum absolute atomic E-state index is 15.5. The van der Waals surface area contributed by atoms with Gasteiger partial charge < -0.3 is 9.64 Å². The zero-order valence-corrected chi connectivity index (χ0v) is 15.9. The average Bonchev–Trinajstić information content (AvgIpc) is 3.58. The van der Waals surface area contributed by atoms with Crippen molar-refractivity contribution in [2.24, 2.45) is 0 Å². The number of nitrogens with zero attached hydrogens (tertiary/aromatic N) is 3. The number of hydrogen-bond acceptors (Lipinski definition) is 5. The molecule has 1 aromatic heterocycles. The van der Waals surface area contributed by atoms with Crippen molar-refractivity contribution >= 4 is 17.8 Å². The largest absolute Gasteiger partial charge is 0.347 e. The number of epoxide rings is 1. The molecule has 7 nitrogen and oxygen atoms in total. The summed E-state index contributed by atoms with van der Waals surface area (Å²) >= 11 is 0. The minimum Gasteiger partial charge on any atom is -0.347 e. The summed E-state index contributed by atoms with van der Waals surface area (Å²) in [5, 5.41) is 2.45. The molecule has 2 aromatic rings. The number of fused-ring (bicyclic) bond motifs is 4. The molecule has 0 radical (unpaired) electrons. The normalized spacial score (nSPS) is 25.4. The van der Waals surface area contributed by atoms with E-state index in [0.29, 0.717) is 16.7 Å². The minimum absolute atomic E-state index is 0.0591. The van der Waals surface area contributed by atoms with Gasteiger partial charge in [0.2, 0.25) is 11.9 Å². The molecule has 0 bridgehead atoms. The lowest BCUT2D eigenvalue weighted by Crippen LogP contribution is -2.40. The van der Waals surface area contributed by atoms with Crippen LogP contribution in [0.3, 0.4) is 0 Å². The van der Waals surface area contributed by atoms with Crippen molar-refractivity contribution in [2.45, 2.75) is 49.3 Å². The fourth-order valence-electron chi connectivity index (χ4n) is 4.65. The van der Waals surface area contributed by atoms with Gasteiger partial charge in [0, 0.05) is 16.5 Å². The van der Waals surface area contributed by atoms with E-state index in [2.05, 4.69) is 15.3 Å². The molecule has 3 heterocycles. The second-order valence-corrected chi connectivity index (χ2v) is 8.48. The highest BCUT2D eigenvalue weighted by Gasteiger charge is 2.68. The summed E-state index contributed by atoms with van der Waals surface area (Å²) < 4.78 is 34.2. The second kappa shape index (κ2) is 6.04. The van der Waals surface area contributed by atoms with Gasteiger partial charge in [-0.2, -0.15) is 0 Å². The van der Waals surface area contributed by atoms with Crippen LogP contribution >= 0.6 is 0 Å². The smallest absolute Gasteiger partial charge is 0.256 e. The summed E-state index contributed by atoms with van der Waals surface area (Å²) in [6, 6.07) is 3.41. The molecular formula is C21H18F2N4O3. The van der Waals surface area contributed by atoms with E-state index in [9.17, 15) is 14.0 Å². The SMILES string of the molecule is O=C(CN1C(=O)c2ccc(C3CC3)c(F)c2C2(CC2)C2OC21)Nc1ncc(F)cn1. The van der Waals surface area contributed by atoms with E-state index in [0.717, 1.165) is 38.1 Å². The Balaban J connectivity index is 1.31. The third-order valence-electron chi connectivity index (χ3n) is 6.47. The quantitative estimate of drug-likeness (QED) is 0.780. The Morgan fingerprint density at radius 3 is 2.63 bits per heavy atom. The van der Waals surface area contributed by atoms with Gasteiger partial charge in [0.15, 0.2) is 12.0 Å². The Bertz CT molecular complexity index is 1080. The summed E-state index contributed by atoms with van der Waals surface area (Å²) in [6.45, 7) is -0.289. The van der Waals surface area contributed by atoms with Gasteiger partial charge in [-0.1, -0.05) is 6.07 Å². The van der Waals surface area contributed by atoms with Crippen LogP contribution in [0.4, 0.5) is 14.7 Å². The molecule has 154 valence electrons. The Morgan fingerprint density at radius 2 is 1.97 bits per heavy atom. The number of anilines is 1. The topological polar surface area (TPSA) is 87.7 Å². The summed E-state index contributed by atoms with van der Waals surface area (Å²) in [4.78, 5) is 34.5. The molecule has 2 saturated carbocycles. The highest BCUT2D eigenvalue weighted by Crippen LogP contribution is 2.62. The third-order valence-corrected chi connectivity index (χ3v) is 6.47. The predicted molar refractivity (Wildman–Crippen MR) is 99.6 cm³/mol. The molecule has 2 amide bonds. The van der Waals surface area contributed by atoms with Gasteiger partial charge in [0.1, 0.15) is 18.5 Å². The monoisotopic (exact) mass is 412 g/mol. The summed E-state index contributed by atoms with van der Waals surface area (Å²) in [5.41, 5.74) is 0.991. The van der Waals surface area contributed by atoms with E-state index >= 15 is 4.39 Å². The van der Waals surface area contributed by atoms with E-state index in [1.807, 2.05) is 0 Å². The highest BCUT2D eigenvalue weighted by atomic mass is 19.1. The van der Waals surface area contributed by atoms with Gasteiger partial charge in [-0.25, -0.2) is 18.7 Å². The third kappa shape index (κ3) is 2.64. The Morgan fingerprint density at radius 1 is 1.23 bits per heavy atom. The molecule has 4 aliphatic rings. The van der Waals surface area contributed by atoms with Crippen LogP contribution in [-0.4, -0.2) is 45.6 Å². The first-order valence-corrected chi connectivity index (χ1v) is 10.0. The van der Waals surface area contributed by atoms with Gasteiger partial charge >= 0.3 is 0 Å². The Hall–Kier alpha value is -2.94. The molecule has 1 saturated heterocycles. The van der Waals surface area contributed by atoms with Crippen molar-refractivity contribution in [1.82, 2.24) is 14.9 Å². The van der Waals surface area contributed by atoms with Crippen LogP contribution in [-0.2, 0) is 14.9 Å². The van der Waals surface area contributed by atoms with Crippen molar-refractivity contribution in [3.05, 3.63) is 52.9 Å². The Labute approximate surface area is 170 Å². The van der Waals surface area contributed by atoms with E-state index in [-0.39, 0.29) is 30.3 Å². The number of ether oxygens (including phenoxy) is 1. The van der Waals surface area contributed by atoms with Gasteiger partial charge in [0.25, 0.3) is 5.91 Å². The molecule has 9 heteroatoms. The molecule has 6 rings (SSSR count). The maximum Gasteiger partial charge on any atom is 0.256 e. The lowest BCUT2D eigenvalue weighted by atomic mass is 9.86. The highest BCUT2D eigenvalue weighted by molar-refractivity contribution is 6.01. The maximum atomic E-state index is 15.5. The number of halogens is 2. The van der Waals surface area contributed by atoms with Gasteiger partial charge in [-0.05, 0) is 43.2 Å². The van der Waals surface area contributed by atoms with Crippen LogP contribution in [0.5, 0.6) is 0 Å². The first kappa shape index (κ1) is 17.9. The van der Waals surface area contributed by atoms with Crippen molar-refractivity contribution in [3.8, 4) is 0 Å². The lowest BCUT2D eigenvalue weighted by molar-refractivity contribution is -0.117. The standard InChI is InChI=1S/C21H18F2N4O3/c22-11-7-24-20(25-8-11)26-14(28)9-27-18(29)13-4-3-12(10-1-2-10)16(23)15(13)21(5-6-21)17-19(27)30-17/h3-4,7-8,10,17,19H,1-2,5-6,9H2,(H,24,25,26,28). The molecule has 1 aromatic carbocycles. The van der Waals surface area contributed by atoms with Crippen LogP contribution < -0.4 is 5.32 Å². The number of carbonyl (C=O) groups is 2. The minimum atomic E-state index is -0.621. The number of nitrogens with one attached hydrogen (secondary N) is 1. The zero-order valence-electron chi connectivity index (χ0n) is 15.9. The van der Waals surface area contributed by atoms with Crippen molar-refractivity contribution < 1.29 is 23.1 Å². The molecule has 2 unspecified atom stereocenters. The molecule has 1 N–H and O–H groups in total. The number of benzene rings is 1. The van der Waals surface area contributed by atoms with Crippen molar-refractivity contribution in [3.63, 3.8) is 0 Å². The van der Waals surface area contributed by atoms with E-state index in [4.69, 9.17) is 4.74 Å². The number of aromatic nitrogens is 2. The summed E-state index contributed by atoms with van der Waals surface area (Å²) in [7, 11) is 0. The van der Waals surface area contributed by atoms with Crippen LogP contribution in [0, 0.1) is 11.6 Å². The molecule has 2 atom stereocenters. The Kier molecular flexibility index (Phi) is 3.60. The fraction of sp³-hybridized carbons (Fsp3) is 0.429. The average molecular weight is 412 g/mol. The molecule has 1 spiro atoms. The number of amides is 2. The van der Waals surface area contributed by atoms with Crippen molar-refractivity contribution in [2.75, 3.05) is 11.9 Å². The second-order valence-electron chi connectivity index (χ2n) is 8.48. The van der Waals surface area contributed by atoms with Gasteiger partial charge in [-0.15, -0.1) is 0 Å². The van der Waals surface area contributed by atoms with Crippen LogP contribution in [0.2, 0.25) is 0 Å². The number of carbonyl (C=O) groups excluding carboxylic acids is 2. The van der Waals surface area contributed by atoms with E-state index < -0.39 is 29.3 Å². The lowest BCUT2D eigenvalue weighted by Gasteiger charge is -2.21. The van der Waals surface area contributed by atoms with Gasteiger partial charge in [-0.3, -0.25) is 14.9 Å². The molecule has 30 heavy (non-hydrogen) atoms.